The van der Waals surface area contributed by atoms with Crippen LogP contribution in [-0.2, 0) is 30.3 Å². The van der Waals surface area contributed by atoms with Crippen LogP contribution in [0.25, 0.3) is 6.08 Å². The number of ether oxygens (including phenoxy) is 5. The Kier molecular flexibility index (Phi) is 10.5. The average molecular weight is 571 g/mol. The topological polar surface area (TPSA) is 141 Å². The zero-order chi connectivity index (χ0) is 28.0. The molecular weight excluding hydrogens is 543 g/mol. The first-order chi connectivity index (χ1) is 18.1. The lowest BCUT2D eigenvalue weighted by molar-refractivity contribution is -0.293. The molecule has 206 valence electrons. The van der Waals surface area contributed by atoms with E-state index < -0.39 is 49.3 Å². The summed E-state index contributed by atoms with van der Waals surface area (Å²) in [7, 11) is 2.56. The number of benzene rings is 2. The van der Waals surface area contributed by atoms with E-state index in [1.54, 1.807) is 37.3 Å². The number of hydrogen-bond donors (Lipinski definition) is 3. The fourth-order valence-electron chi connectivity index (χ4n) is 3.71. The monoisotopic (exact) mass is 570 g/mol. The second-order valence-electron chi connectivity index (χ2n) is 8.37. The van der Waals surface area contributed by atoms with Crippen LogP contribution in [0.5, 0.6) is 5.75 Å². The first-order valence-corrected chi connectivity index (χ1v) is 12.2. The molecule has 1 aliphatic rings. The molecule has 3 rings (SSSR count). The van der Waals surface area contributed by atoms with Crippen LogP contribution < -0.4 is 4.74 Å². The normalized spacial score (nSPS) is 23.3. The third-order valence-corrected chi connectivity index (χ3v) is 6.65. The highest BCUT2D eigenvalue weighted by atomic mass is 35.5. The van der Waals surface area contributed by atoms with Crippen LogP contribution in [0.4, 0.5) is 0 Å². The predicted molar refractivity (Wildman–Crippen MR) is 137 cm³/mol. The van der Waals surface area contributed by atoms with Crippen LogP contribution in [0.1, 0.15) is 27.0 Å². The van der Waals surface area contributed by atoms with E-state index in [0.29, 0.717) is 5.56 Å². The van der Waals surface area contributed by atoms with Crippen molar-refractivity contribution in [2.45, 2.75) is 44.2 Å². The van der Waals surface area contributed by atoms with Crippen molar-refractivity contribution < 1.29 is 48.6 Å². The molecule has 1 heterocycles. The number of carbonyl (C=O) groups is 2. The highest BCUT2D eigenvalue weighted by Crippen LogP contribution is 2.38. The Hall–Kier alpha value is -2.70. The molecule has 1 saturated heterocycles. The molecule has 12 heteroatoms. The molecule has 2 aromatic rings. The van der Waals surface area contributed by atoms with Crippen molar-refractivity contribution >= 4 is 41.2 Å². The highest BCUT2D eigenvalue weighted by molar-refractivity contribution is 6.38. The lowest BCUT2D eigenvalue weighted by Crippen LogP contribution is -2.60. The lowest BCUT2D eigenvalue weighted by atomic mass is 9.99. The van der Waals surface area contributed by atoms with Crippen LogP contribution in [0.3, 0.4) is 0 Å². The minimum Gasteiger partial charge on any atom is -0.486 e. The predicted octanol–water partition coefficient (Wildman–Crippen LogP) is 2.68. The summed E-state index contributed by atoms with van der Waals surface area (Å²) >= 11 is 12.9. The minimum absolute atomic E-state index is 0.00919. The number of hydrogen-bond acceptors (Lipinski definition) is 10. The summed E-state index contributed by atoms with van der Waals surface area (Å²) in [6.45, 7) is 1.12. The maximum Gasteiger partial charge on any atom is 0.339 e. The fraction of sp³-hybridized carbons (Fsp3) is 0.385. The van der Waals surface area contributed by atoms with Crippen LogP contribution in [-0.4, -0.2) is 78.8 Å². The summed E-state index contributed by atoms with van der Waals surface area (Å²) in [4.78, 5) is 24.2. The molecule has 0 radical (unpaired) electrons. The molecule has 0 spiro atoms. The van der Waals surface area contributed by atoms with Crippen molar-refractivity contribution in [1.29, 1.82) is 0 Å². The summed E-state index contributed by atoms with van der Waals surface area (Å²) in [5.74, 6) is -1.19. The zero-order valence-electron chi connectivity index (χ0n) is 20.8. The molecule has 38 heavy (non-hydrogen) atoms. The van der Waals surface area contributed by atoms with Crippen LogP contribution in [0.2, 0.25) is 10.0 Å². The van der Waals surface area contributed by atoms with Gasteiger partial charge in [0.1, 0.15) is 24.9 Å². The van der Waals surface area contributed by atoms with E-state index in [2.05, 4.69) is 4.74 Å². The number of aliphatic hydroxyl groups is 3. The molecule has 0 amide bonds. The van der Waals surface area contributed by atoms with Crippen molar-refractivity contribution in [3.63, 3.8) is 0 Å². The molecule has 0 aliphatic carbocycles. The SMILES string of the molecule is COC(=O)/C=C/c1ccc(COc2c(Cl)cc(C(=O)O[C@H]3[C@@H](OC)O[C@H](CO)[C@@H](O)[C@@H]3O)c(C)c2Cl)cc1. The van der Waals surface area contributed by atoms with Crippen LogP contribution >= 0.6 is 23.2 Å². The second-order valence-corrected chi connectivity index (χ2v) is 9.16. The van der Waals surface area contributed by atoms with E-state index in [9.17, 15) is 24.9 Å². The van der Waals surface area contributed by atoms with Gasteiger partial charge in [-0.05, 0) is 35.8 Å². The number of rotatable bonds is 9. The van der Waals surface area contributed by atoms with E-state index >= 15 is 0 Å². The van der Waals surface area contributed by atoms with E-state index in [4.69, 9.17) is 42.1 Å². The van der Waals surface area contributed by atoms with Crippen molar-refractivity contribution in [2.75, 3.05) is 20.8 Å². The van der Waals surface area contributed by atoms with Gasteiger partial charge in [-0.2, -0.15) is 0 Å². The molecular formula is C26H28Cl2O10. The number of carbonyl (C=O) groups excluding carboxylic acids is 2. The van der Waals surface area contributed by atoms with Gasteiger partial charge in [0.2, 0.25) is 0 Å². The summed E-state index contributed by atoms with van der Waals surface area (Å²) < 4.78 is 26.3. The molecule has 3 N–H and O–H groups in total. The van der Waals surface area contributed by atoms with Gasteiger partial charge >= 0.3 is 11.9 Å². The zero-order valence-corrected chi connectivity index (χ0v) is 22.3. The Morgan fingerprint density at radius 3 is 2.39 bits per heavy atom. The molecule has 0 saturated carbocycles. The third-order valence-electron chi connectivity index (χ3n) is 5.92. The number of esters is 2. The Morgan fingerprint density at radius 2 is 1.79 bits per heavy atom. The summed E-state index contributed by atoms with van der Waals surface area (Å²) in [6, 6.07) is 8.52. The van der Waals surface area contributed by atoms with Crippen molar-refractivity contribution in [2.24, 2.45) is 0 Å². The first kappa shape index (κ1) is 29.9. The van der Waals surface area contributed by atoms with E-state index in [1.807, 2.05) is 0 Å². The standard InChI is InChI=1S/C26H28Cl2O10/c1-13-16(25(33)38-24-22(32)21(31)18(11-29)37-26(24)35-3)10-17(27)23(20(13)28)36-12-15-6-4-14(5-7-15)8-9-19(30)34-2/h4-10,18,21-22,24,26,29,31-32H,11-12H2,1-3H3/b9-8+/t18-,21-,22+,24-,26+/m1/s1. The smallest absolute Gasteiger partial charge is 0.339 e. The largest absolute Gasteiger partial charge is 0.486 e. The minimum atomic E-state index is -1.58. The van der Waals surface area contributed by atoms with Gasteiger partial charge in [0, 0.05) is 13.2 Å². The van der Waals surface area contributed by atoms with Crippen LogP contribution in [0, 0.1) is 6.92 Å². The first-order valence-electron chi connectivity index (χ1n) is 11.4. The van der Waals surface area contributed by atoms with Gasteiger partial charge in [-0.3, -0.25) is 0 Å². The van der Waals surface area contributed by atoms with Crippen LogP contribution in [0.15, 0.2) is 36.4 Å². The van der Waals surface area contributed by atoms with Gasteiger partial charge in [-0.15, -0.1) is 0 Å². The van der Waals surface area contributed by atoms with Gasteiger partial charge in [-0.1, -0.05) is 47.5 Å². The molecule has 0 bridgehead atoms. The van der Waals surface area contributed by atoms with E-state index in [1.165, 1.54) is 26.4 Å². The Morgan fingerprint density at radius 1 is 1.11 bits per heavy atom. The molecule has 5 atom stereocenters. The Balaban J connectivity index is 1.72. The quantitative estimate of drug-likeness (QED) is 0.304. The summed E-state index contributed by atoms with van der Waals surface area (Å²) in [5.41, 5.74) is 1.91. The van der Waals surface area contributed by atoms with Gasteiger partial charge in [-0.25, -0.2) is 9.59 Å². The molecule has 10 nitrogen and oxygen atoms in total. The molecule has 1 fully saturated rings. The maximum absolute atomic E-state index is 13.0. The average Bonchev–Trinajstić information content (AvgIpc) is 2.92. The van der Waals surface area contributed by atoms with Crippen molar-refractivity contribution in [3.8, 4) is 5.75 Å². The van der Waals surface area contributed by atoms with E-state index in [0.717, 1.165) is 11.1 Å². The molecule has 0 unspecified atom stereocenters. The summed E-state index contributed by atoms with van der Waals surface area (Å²) in [6.07, 6.45) is -3.89. The Bertz CT molecular complexity index is 1170. The number of methoxy groups -OCH3 is 2. The molecule has 0 aromatic heterocycles. The Labute approximate surface area is 229 Å². The van der Waals surface area contributed by atoms with Gasteiger partial charge < -0.3 is 39.0 Å². The number of aliphatic hydroxyl groups excluding tert-OH is 3. The fourth-order valence-corrected chi connectivity index (χ4v) is 4.27. The van der Waals surface area contributed by atoms with Gasteiger partial charge in [0.15, 0.2) is 18.1 Å². The molecule has 1 aliphatic heterocycles. The third kappa shape index (κ3) is 6.83. The van der Waals surface area contributed by atoms with Gasteiger partial charge in [0.25, 0.3) is 0 Å². The second kappa shape index (κ2) is 13.4. The number of halogens is 2. The van der Waals surface area contributed by atoms with Crippen molar-refractivity contribution in [1.82, 2.24) is 0 Å². The maximum atomic E-state index is 13.0. The van der Waals surface area contributed by atoms with E-state index in [-0.39, 0.29) is 28.0 Å². The summed E-state index contributed by atoms with van der Waals surface area (Å²) in [5, 5.41) is 30.0. The lowest BCUT2D eigenvalue weighted by Gasteiger charge is -2.40. The van der Waals surface area contributed by atoms with Gasteiger partial charge in [0.05, 0.1) is 29.3 Å². The highest BCUT2D eigenvalue weighted by Gasteiger charge is 2.47. The molecule has 2 aromatic carbocycles. The van der Waals surface area contributed by atoms with Crippen molar-refractivity contribution in [3.05, 3.63) is 68.7 Å².